The van der Waals surface area contributed by atoms with Crippen LogP contribution in [0, 0.1) is 5.82 Å². The summed E-state index contributed by atoms with van der Waals surface area (Å²) in [7, 11) is 0. The number of rotatable bonds is 3. The van der Waals surface area contributed by atoms with Crippen LogP contribution in [-0.4, -0.2) is 20.2 Å². The molecule has 3 rings (SSSR count). The van der Waals surface area contributed by atoms with Crippen molar-refractivity contribution < 1.29 is 4.39 Å². The minimum Gasteiger partial charge on any atom is -0.368 e. The van der Waals surface area contributed by atoms with E-state index < -0.39 is 5.82 Å². The van der Waals surface area contributed by atoms with Gasteiger partial charge in [0.25, 0.3) is 0 Å². The number of hydrogen-bond donors (Lipinski definition) is 3. The first-order chi connectivity index (χ1) is 9.63. The highest BCUT2D eigenvalue weighted by Gasteiger charge is 2.08. The lowest BCUT2D eigenvalue weighted by Gasteiger charge is -2.07. The molecule has 0 atom stereocenters. The lowest BCUT2D eigenvalue weighted by atomic mass is 10.2. The van der Waals surface area contributed by atoms with Crippen LogP contribution >= 0.6 is 11.6 Å². The Kier molecular flexibility index (Phi) is 3.11. The maximum absolute atomic E-state index is 13.1. The summed E-state index contributed by atoms with van der Waals surface area (Å²) in [6.07, 6.45) is 1.61. The standard InChI is InChI=1S/C12H10ClFN6/c13-8-3-6(1-2-9(8)14)4-16-10-7-5-17-20-11(7)19-12(15)18-10/h1-3,5H,4H2,(H4,15,16,17,18,19,20). The molecule has 8 heteroatoms. The second kappa shape index (κ2) is 4.93. The topological polar surface area (TPSA) is 92.5 Å². The number of nitrogens with zero attached hydrogens (tertiary/aromatic N) is 3. The molecule has 2 heterocycles. The fourth-order valence-corrected chi connectivity index (χ4v) is 2.03. The van der Waals surface area contributed by atoms with Crippen LogP contribution in [0.3, 0.4) is 0 Å². The average Bonchev–Trinajstić information content (AvgIpc) is 2.88. The van der Waals surface area contributed by atoms with Gasteiger partial charge in [0.1, 0.15) is 11.6 Å². The Morgan fingerprint density at radius 3 is 3.00 bits per heavy atom. The molecule has 0 bridgehead atoms. The van der Waals surface area contributed by atoms with Crippen LogP contribution in [0.5, 0.6) is 0 Å². The maximum atomic E-state index is 13.1. The summed E-state index contributed by atoms with van der Waals surface area (Å²) < 4.78 is 13.1. The number of halogens is 2. The smallest absolute Gasteiger partial charge is 0.224 e. The number of aromatic nitrogens is 4. The molecular formula is C12H10ClFN6. The SMILES string of the molecule is Nc1nc(NCc2ccc(F)c(Cl)c2)c2cn[nH]c2n1. The summed E-state index contributed by atoms with van der Waals surface area (Å²) in [6, 6.07) is 4.52. The van der Waals surface area contributed by atoms with Gasteiger partial charge in [0.15, 0.2) is 5.65 Å². The molecular weight excluding hydrogens is 283 g/mol. The van der Waals surface area contributed by atoms with E-state index in [1.807, 2.05) is 0 Å². The van der Waals surface area contributed by atoms with Gasteiger partial charge in [-0.3, -0.25) is 5.10 Å². The number of nitrogens with one attached hydrogen (secondary N) is 2. The van der Waals surface area contributed by atoms with Crippen LogP contribution in [0.4, 0.5) is 16.2 Å². The normalized spacial score (nSPS) is 10.9. The molecule has 0 amide bonds. The van der Waals surface area contributed by atoms with Crippen LogP contribution in [0.2, 0.25) is 5.02 Å². The molecule has 2 aromatic heterocycles. The molecule has 0 saturated heterocycles. The Hall–Kier alpha value is -2.41. The molecule has 1 aromatic carbocycles. The van der Waals surface area contributed by atoms with E-state index >= 15 is 0 Å². The van der Waals surface area contributed by atoms with Crippen LogP contribution in [0.25, 0.3) is 11.0 Å². The third-order valence-electron chi connectivity index (χ3n) is 2.77. The number of nitrogen functional groups attached to an aromatic ring is 1. The van der Waals surface area contributed by atoms with E-state index in [0.717, 1.165) is 10.9 Å². The van der Waals surface area contributed by atoms with Gasteiger partial charge in [0, 0.05) is 6.54 Å². The van der Waals surface area contributed by atoms with Crippen molar-refractivity contribution in [1.29, 1.82) is 0 Å². The molecule has 0 unspecified atom stereocenters. The van der Waals surface area contributed by atoms with Crippen molar-refractivity contribution in [1.82, 2.24) is 20.2 Å². The average molecular weight is 293 g/mol. The quantitative estimate of drug-likeness (QED) is 0.689. The van der Waals surface area contributed by atoms with Crippen LogP contribution in [-0.2, 0) is 6.54 Å². The number of hydrogen-bond acceptors (Lipinski definition) is 5. The first kappa shape index (κ1) is 12.6. The Bertz CT molecular complexity index is 772. The zero-order chi connectivity index (χ0) is 14.1. The van der Waals surface area contributed by atoms with E-state index in [1.165, 1.54) is 6.07 Å². The number of nitrogens with two attached hydrogens (primary N) is 1. The Morgan fingerprint density at radius 2 is 2.20 bits per heavy atom. The molecule has 4 N–H and O–H groups in total. The highest BCUT2D eigenvalue weighted by atomic mass is 35.5. The molecule has 102 valence electrons. The Labute approximate surface area is 118 Å². The molecule has 0 aliphatic carbocycles. The zero-order valence-corrected chi connectivity index (χ0v) is 10.9. The molecule has 0 radical (unpaired) electrons. The summed E-state index contributed by atoms with van der Waals surface area (Å²) in [5.74, 6) is 0.252. The van der Waals surface area contributed by atoms with Crippen LogP contribution < -0.4 is 11.1 Å². The van der Waals surface area contributed by atoms with Crippen molar-refractivity contribution in [3.05, 3.63) is 40.8 Å². The Balaban J connectivity index is 1.86. The first-order valence-corrected chi connectivity index (χ1v) is 6.15. The highest BCUT2D eigenvalue weighted by molar-refractivity contribution is 6.30. The van der Waals surface area contributed by atoms with Gasteiger partial charge in [-0.25, -0.2) is 4.39 Å². The maximum Gasteiger partial charge on any atom is 0.224 e. The zero-order valence-electron chi connectivity index (χ0n) is 10.2. The lowest BCUT2D eigenvalue weighted by Crippen LogP contribution is -2.05. The van der Waals surface area contributed by atoms with Crippen molar-refractivity contribution >= 4 is 34.4 Å². The minimum absolute atomic E-state index is 0.0833. The molecule has 20 heavy (non-hydrogen) atoms. The van der Waals surface area contributed by atoms with Gasteiger partial charge >= 0.3 is 0 Å². The Morgan fingerprint density at radius 1 is 1.35 bits per heavy atom. The van der Waals surface area contributed by atoms with E-state index in [1.54, 1.807) is 18.3 Å². The predicted octanol–water partition coefficient (Wildman–Crippen LogP) is 2.34. The third-order valence-corrected chi connectivity index (χ3v) is 3.06. The monoisotopic (exact) mass is 292 g/mol. The molecule has 0 aliphatic heterocycles. The second-order valence-corrected chi connectivity index (χ2v) is 4.57. The van der Waals surface area contributed by atoms with E-state index in [-0.39, 0.29) is 11.0 Å². The van der Waals surface area contributed by atoms with Gasteiger partial charge in [-0.05, 0) is 17.7 Å². The van der Waals surface area contributed by atoms with Crippen molar-refractivity contribution in [3.63, 3.8) is 0 Å². The van der Waals surface area contributed by atoms with E-state index in [0.29, 0.717) is 18.0 Å². The number of aromatic amines is 1. The summed E-state index contributed by atoms with van der Waals surface area (Å²) in [5, 5.41) is 10.5. The van der Waals surface area contributed by atoms with E-state index in [2.05, 4.69) is 25.5 Å². The van der Waals surface area contributed by atoms with Crippen LogP contribution in [0.15, 0.2) is 24.4 Å². The fourth-order valence-electron chi connectivity index (χ4n) is 1.82. The molecule has 3 aromatic rings. The van der Waals surface area contributed by atoms with Crippen molar-refractivity contribution in [2.45, 2.75) is 6.54 Å². The molecule has 6 nitrogen and oxygen atoms in total. The number of fused-ring (bicyclic) bond motifs is 1. The second-order valence-electron chi connectivity index (χ2n) is 4.16. The van der Waals surface area contributed by atoms with Gasteiger partial charge in [-0.15, -0.1) is 0 Å². The molecule has 0 fully saturated rings. The summed E-state index contributed by atoms with van der Waals surface area (Å²) >= 11 is 5.74. The fraction of sp³-hybridized carbons (Fsp3) is 0.0833. The van der Waals surface area contributed by atoms with Gasteiger partial charge in [-0.2, -0.15) is 15.1 Å². The highest BCUT2D eigenvalue weighted by Crippen LogP contribution is 2.21. The third kappa shape index (κ3) is 2.35. The van der Waals surface area contributed by atoms with E-state index in [9.17, 15) is 4.39 Å². The van der Waals surface area contributed by atoms with Crippen molar-refractivity contribution in [2.24, 2.45) is 0 Å². The van der Waals surface area contributed by atoms with E-state index in [4.69, 9.17) is 17.3 Å². The number of H-pyrrole nitrogens is 1. The predicted molar refractivity (Wildman–Crippen MR) is 74.8 cm³/mol. The number of anilines is 2. The van der Waals surface area contributed by atoms with Crippen molar-refractivity contribution in [3.8, 4) is 0 Å². The lowest BCUT2D eigenvalue weighted by molar-refractivity contribution is 0.627. The molecule has 0 spiro atoms. The summed E-state index contributed by atoms with van der Waals surface area (Å²) in [4.78, 5) is 8.13. The van der Waals surface area contributed by atoms with Crippen molar-refractivity contribution in [2.75, 3.05) is 11.1 Å². The van der Waals surface area contributed by atoms with Gasteiger partial charge in [0.2, 0.25) is 5.95 Å². The van der Waals surface area contributed by atoms with Crippen LogP contribution in [0.1, 0.15) is 5.56 Å². The minimum atomic E-state index is -0.445. The summed E-state index contributed by atoms with van der Waals surface area (Å²) in [5.41, 5.74) is 6.99. The molecule has 0 aliphatic rings. The molecule has 0 saturated carbocycles. The first-order valence-electron chi connectivity index (χ1n) is 5.78. The van der Waals surface area contributed by atoms with Gasteiger partial charge in [0.05, 0.1) is 16.6 Å². The number of benzene rings is 1. The summed E-state index contributed by atoms with van der Waals surface area (Å²) in [6.45, 7) is 0.427. The van der Waals surface area contributed by atoms with Gasteiger partial charge < -0.3 is 11.1 Å². The largest absolute Gasteiger partial charge is 0.368 e. The van der Waals surface area contributed by atoms with Gasteiger partial charge in [-0.1, -0.05) is 17.7 Å².